The van der Waals surface area contributed by atoms with Gasteiger partial charge in [-0.2, -0.15) is 0 Å². The molecule has 0 amide bonds. The Hall–Kier alpha value is -0.500. The summed E-state index contributed by atoms with van der Waals surface area (Å²) in [7, 11) is 0. The number of hydrogen-bond acceptors (Lipinski definition) is 2. The molecule has 0 fully saturated rings. The van der Waals surface area contributed by atoms with E-state index in [0.29, 0.717) is 11.8 Å². The quantitative estimate of drug-likeness (QED) is 0.678. The molecular weight excluding hydrogens is 174 g/mol. The lowest BCUT2D eigenvalue weighted by Gasteiger charge is -1.98. The van der Waals surface area contributed by atoms with E-state index in [1.54, 1.807) is 6.20 Å². The summed E-state index contributed by atoms with van der Waals surface area (Å²) in [5.41, 5.74) is 0. The van der Waals surface area contributed by atoms with Crippen LogP contribution in [0.2, 0.25) is 0 Å². The van der Waals surface area contributed by atoms with Crippen LogP contribution >= 0.6 is 11.6 Å². The summed E-state index contributed by atoms with van der Waals surface area (Å²) >= 11 is 5.55. The van der Waals surface area contributed by atoms with Crippen molar-refractivity contribution in [2.45, 2.75) is 26.7 Å². The van der Waals surface area contributed by atoms with Gasteiger partial charge in [0.1, 0.15) is 5.76 Å². The molecule has 0 saturated heterocycles. The number of nitrogens with zero attached hydrogens (tertiary/aromatic N) is 1. The molecule has 1 aromatic rings. The predicted molar refractivity (Wildman–Crippen MR) is 49.5 cm³/mol. The molecule has 0 spiro atoms. The number of rotatable bonds is 4. The van der Waals surface area contributed by atoms with Crippen molar-refractivity contribution in [1.82, 2.24) is 4.98 Å². The van der Waals surface area contributed by atoms with Crippen molar-refractivity contribution in [1.29, 1.82) is 0 Å². The van der Waals surface area contributed by atoms with Gasteiger partial charge in [0, 0.05) is 18.7 Å². The third-order valence-electron chi connectivity index (χ3n) is 1.52. The maximum absolute atomic E-state index is 5.55. The highest BCUT2D eigenvalue weighted by Gasteiger charge is 2.04. The molecule has 2 nitrogen and oxygen atoms in total. The molecule has 0 unspecified atom stereocenters. The Labute approximate surface area is 77.9 Å². The Morgan fingerprint density at radius 1 is 1.58 bits per heavy atom. The number of halogens is 1. The minimum atomic E-state index is 0.571. The highest BCUT2D eigenvalue weighted by molar-refractivity contribution is 6.17. The minimum Gasteiger partial charge on any atom is -0.446 e. The smallest absolute Gasteiger partial charge is 0.195 e. The van der Waals surface area contributed by atoms with Gasteiger partial charge in [0.15, 0.2) is 5.89 Å². The van der Waals surface area contributed by atoms with Crippen molar-refractivity contribution < 1.29 is 4.42 Å². The zero-order valence-electron chi connectivity index (χ0n) is 7.51. The first-order chi connectivity index (χ1) is 5.72. The Balaban J connectivity index is 2.52. The summed E-state index contributed by atoms with van der Waals surface area (Å²) in [6.45, 7) is 4.31. The van der Waals surface area contributed by atoms with Gasteiger partial charge in [0.05, 0.1) is 6.20 Å². The van der Waals surface area contributed by atoms with E-state index >= 15 is 0 Å². The van der Waals surface area contributed by atoms with E-state index in [-0.39, 0.29) is 0 Å². The predicted octanol–water partition coefficient (Wildman–Crippen LogP) is 2.65. The van der Waals surface area contributed by atoms with Crippen LogP contribution in [0.1, 0.15) is 25.5 Å². The summed E-state index contributed by atoms with van der Waals surface area (Å²) < 4.78 is 5.44. The van der Waals surface area contributed by atoms with Crippen LogP contribution in [-0.2, 0) is 12.8 Å². The molecule has 0 saturated carbocycles. The van der Waals surface area contributed by atoms with Crippen molar-refractivity contribution in [3.8, 4) is 0 Å². The summed E-state index contributed by atoms with van der Waals surface area (Å²) in [6, 6.07) is 0. The summed E-state index contributed by atoms with van der Waals surface area (Å²) in [5, 5.41) is 0. The van der Waals surface area contributed by atoms with Crippen LogP contribution in [-0.4, -0.2) is 10.9 Å². The van der Waals surface area contributed by atoms with E-state index in [9.17, 15) is 0 Å². The summed E-state index contributed by atoms with van der Waals surface area (Å²) in [6.07, 6.45) is 3.47. The van der Waals surface area contributed by atoms with Crippen LogP contribution in [0, 0.1) is 5.92 Å². The van der Waals surface area contributed by atoms with Crippen LogP contribution in [0.25, 0.3) is 0 Å². The van der Waals surface area contributed by atoms with Gasteiger partial charge in [-0.15, -0.1) is 11.6 Å². The van der Waals surface area contributed by atoms with Crippen LogP contribution in [0.5, 0.6) is 0 Å². The number of alkyl halides is 1. The zero-order valence-corrected chi connectivity index (χ0v) is 8.27. The van der Waals surface area contributed by atoms with Gasteiger partial charge in [0.25, 0.3) is 0 Å². The number of hydrogen-bond donors (Lipinski definition) is 0. The molecule has 0 aliphatic heterocycles. The van der Waals surface area contributed by atoms with E-state index in [0.717, 1.165) is 24.5 Å². The number of aromatic nitrogens is 1. The summed E-state index contributed by atoms with van der Waals surface area (Å²) in [4.78, 5) is 4.11. The molecule has 3 heteroatoms. The molecule has 0 aliphatic carbocycles. The molecule has 1 heterocycles. The highest BCUT2D eigenvalue weighted by atomic mass is 35.5. The van der Waals surface area contributed by atoms with Gasteiger partial charge >= 0.3 is 0 Å². The van der Waals surface area contributed by atoms with Gasteiger partial charge < -0.3 is 4.42 Å². The van der Waals surface area contributed by atoms with E-state index in [4.69, 9.17) is 16.0 Å². The highest BCUT2D eigenvalue weighted by Crippen LogP contribution is 2.10. The maximum atomic E-state index is 5.55. The van der Waals surface area contributed by atoms with Gasteiger partial charge in [-0.05, 0) is 5.92 Å². The molecule has 12 heavy (non-hydrogen) atoms. The third-order valence-corrected chi connectivity index (χ3v) is 1.71. The van der Waals surface area contributed by atoms with Gasteiger partial charge in [-0.3, -0.25) is 0 Å². The lowest BCUT2D eigenvalue weighted by Crippen LogP contribution is -1.91. The van der Waals surface area contributed by atoms with Crippen LogP contribution in [0.3, 0.4) is 0 Å². The maximum Gasteiger partial charge on any atom is 0.195 e. The van der Waals surface area contributed by atoms with Crippen molar-refractivity contribution in [3.05, 3.63) is 17.8 Å². The Morgan fingerprint density at radius 3 is 2.92 bits per heavy atom. The summed E-state index contributed by atoms with van der Waals surface area (Å²) in [5.74, 6) is 2.90. The molecule has 1 aromatic heterocycles. The van der Waals surface area contributed by atoms with E-state index in [1.807, 2.05) is 0 Å². The Morgan fingerprint density at radius 2 is 2.33 bits per heavy atom. The van der Waals surface area contributed by atoms with Crippen molar-refractivity contribution in [2.75, 3.05) is 5.88 Å². The van der Waals surface area contributed by atoms with Gasteiger partial charge in [-0.1, -0.05) is 13.8 Å². The molecule has 0 aliphatic rings. The average Bonchev–Trinajstić information content (AvgIpc) is 2.36. The number of oxazole rings is 1. The monoisotopic (exact) mass is 187 g/mol. The minimum absolute atomic E-state index is 0.571. The third kappa shape index (κ3) is 2.86. The van der Waals surface area contributed by atoms with Crippen molar-refractivity contribution in [2.24, 2.45) is 5.92 Å². The standard InChI is InChI=1S/C9H14ClNO/c1-7(2)5-8-6-11-9(12-8)3-4-10/h6-7H,3-5H2,1-2H3. The zero-order chi connectivity index (χ0) is 8.97. The van der Waals surface area contributed by atoms with Crippen LogP contribution in [0.4, 0.5) is 0 Å². The average molecular weight is 188 g/mol. The van der Waals surface area contributed by atoms with Crippen LogP contribution in [0.15, 0.2) is 10.6 Å². The van der Waals surface area contributed by atoms with E-state index < -0.39 is 0 Å². The fourth-order valence-electron chi connectivity index (χ4n) is 1.04. The molecule has 0 bridgehead atoms. The Bertz CT molecular complexity index is 232. The topological polar surface area (TPSA) is 26.0 Å². The van der Waals surface area contributed by atoms with E-state index in [1.165, 1.54) is 0 Å². The first kappa shape index (κ1) is 9.59. The van der Waals surface area contributed by atoms with E-state index in [2.05, 4.69) is 18.8 Å². The second kappa shape index (κ2) is 4.51. The molecule has 68 valence electrons. The second-order valence-corrected chi connectivity index (χ2v) is 3.64. The van der Waals surface area contributed by atoms with Gasteiger partial charge in [-0.25, -0.2) is 4.98 Å². The number of aryl methyl sites for hydroxylation is 1. The van der Waals surface area contributed by atoms with Crippen molar-refractivity contribution >= 4 is 11.6 Å². The molecular formula is C9H14ClNO. The van der Waals surface area contributed by atoms with Crippen molar-refractivity contribution in [3.63, 3.8) is 0 Å². The lowest BCUT2D eigenvalue weighted by atomic mass is 10.1. The first-order valence-electron chi connectivity index (χ1n) is 4.22. The molecule has 0 aromatic carbocycles. The fourth-order valence-corrected chi connectivity index (χ4v) is 1.20. The van der Waals surface area contributed by atoms with Gasteiger partial charge in [0.2, 0.25) is 0 Å². The normalized spacial score (nSPS) is 11.0. The molecule has 0 atom stereocenters. The molecule has 0 radical (unpaired) electrons. The second-order valence-electron chi connectivity index (χ2n) is 3.26. The lowest BCUT2D eigenvalue weighted by molar-refractivity contribution is 0.436. The first-order valence-corrected chi connectivity index (χ1v) is 4.75. The largest absolute Gasteiger partial charge is 0.446 e. The SMILES string of the molecule is CC(C)Cc1cnc(CCCl)o1. The molecule has 1 rings (SSSR count). The fraction of sp³-hybridized carbons (Fsp3) is 0.667. The molecule has 0 N–H and O–H groups in total. The van der Waals surface area contributed by atoms with Crippen LogP contribution < -0.4 is 0 Å². The Kier molecular flexibility index (Phi) is 3.60.